The van der Waals surface area contributed by atoms with Crippen molar-refractivity contribution >= 4 is 15.9 Å². The van der Waals surface area contributed by atoms with Crippen LogP contribution in [0.3, 0.4) is 0 Å². The first kappa shape index (κ1) is 17.1. The van der Waals surface area contributed by atoms with Gasteiger partial charge in [0.15, 0.2) is 0 Å². The molecule has 2 saturated carbocycles. The predicted octanol–water partition coefficient (Wildman–Crippen LogP) is 5.77. The van der Waals surface area contributed by atoms with E-state index in [9.17, 15) is 0 Å². The Morgan fingerprint density at radius 1 is 0.826 bits per heavy atom. The Bertz CT molecular complexity index is 509. The van der Waals surface area contributed by atoms with Crippen molar-refractivity contribution in [3.05, 3.63) is 34.3 Å². The summed E-state index contributed by atoms with van der Waals surface area (Å²) in [5.41, 5.74) is 1.13. The smallest absolute Gasteiger partial charge is 0.0610 e. The van der Waals surface area contributed by atoms with Gasteiger partial charge in [0, 0.05) is 22.1 Å². The van der Waals surface area contributed by atoms with Gasteiger partial charge in [-0.1, -0.05) is 66.3 Å². The van der Waals surface area contributed by atoms with Crippen LogP contribution in [-0.4, -0.2) is 23.5 Å². The first-order chi connectivity index (χ1) is 11.3. The van der Waals surface area contributed by atoms with E-state index in [1.807, 2.05) is 0 Å². The van der Waals surface area contributed by atoms with Gasteiger partial charge in [-0.3, -0.25) is 4.90 Å². The first-order valence-electron chi connectivity index (χ1n) is 9.33. The fourth-order valence-electron chi connectivity index (χ4n) is 4.15. The molecule has 2 fully saturated rings. The monoisotopic (exact) mass is 373 g/mol. The highest BCUT2D eigenvalue weighted by Crippen LogP contribution is 2.29. The Kier molecular flexibility index (Phi) is 6.60. The molecule has 1 nitrogen and oxygen atoms in total. The van der Waals surface area contributed by atoms with Crippen LogP contribution in [0.5, 0.6) is 0 Å². The zero-order valence-electron chi connectivity index (χ0n) is 14.1. The minimum absolute atomic E-state index is 0.783. The van der Waals surface area contributed by atoms with Crippen molar-refractivity contribution in [2.24, 2.45) is 0 Å². The molecule has 2 heteroatoms. The van der Waals surface area contributed by atoms with Gasteiger partial charge in [-0.15, -0.1) is 0 Å². The maximum atomic E-state index is 3.48. The van der Waals surface area contributed by atoms with E-state index in [1.165, 1.54) is 64.2 Å². The second-order valence-corrected chi connectivity index (χ2v) is 7.98. The summed E-state index contributed by atoms with van der Waals surface area (Å²) in [6, 6.07) is 9.91. The topological polar surface area (TPSA) is 3.24 Å². The molecule has 1 aromatic rings. The molecule has 0 saturated heterocycles. The lowest BCUT2D eigenvalue weighted by molar-refractivity contribution is 0.0961. The SMILES string of the molecule is Brc1ccc(C#CCN(C2CCCCC2)C2CCCCC2)cc1. The number of benzene rings is 1. The quantitative estimate of drug-likeness (QED) is 0.608. The molecule has 0 radical (unpaired) electrons. The van der Waals surface area contributed by atoms with E-state index in [2.05, 4.69) is 56.9 Å². The van der Waals surface area contributed by atoms with Crippen molar-refractivity contribution in [1.82, 2.24) is 4.90 Å². The lowest BCUT2D eigenvalue weighted by atomic mass is 9.88. The largest absolute Gasteiger partial charge is 0.286 e. The summed E-state index contributed by atoms with van der Waals surface area (Å²) >= 11 is 3.48. The third-order valence-electron chi connectivity index (χ3n) is 5.43. The van der Waals surface area contributed by atoms with Crippen LogP contribution < -0.4 is 0 Å². The normalized spacial score (nSPS) is 20.3. The first-order valence-corrected chi connectivity index (χ1v) is 10.1. The van der Waals surface area contributed by atoms with Crippen LogP contribution in [0, 0.1) is 11.8 Å². The van der Waals surface area contributed by atoms with Crippen molar-refractivity contribution in [3.63, 3.8) is 0 Å². The Balaban J connectivity index is 1.66. The molecular weight excluding hydrogens is 346 g/mol. The van der Waals surface area contributed by atoms with Gasteiger partial charge in [0.2, 0.25) is 0 Å². The predicted molar refractivity (Wildman–Crippen MR) is 101 cm³/mol. The molecule has 2 aliphatic rings. The van der Waals surface area contributed by atoms with E-state index in [0.29, 0.717) is 0 Å². The molecule has 0 bridgehead atoms. The van der Waals surface area contributed by atoms with Crippen LogP contribution in [0.25, 0.3) is 0 Å². The molecule has 0 spiro atoms. The lowest BCUT2D eigenvalue weighted by Crippen LogP contribution is -2.45. The van der Waals surface area contributed by atoms with Gasteiger partial charge in [-0.2, -0.15) is 0 Å². The van der Waals surface area contributed by atoms with Crippen LogP contribution in [0.1, 0.15) is 69.8 Å². The fourth-order valence-corrected chi connectivity index (χ4v) is 4.41. The van der Waals surface area contributed by atoms with E-state index in [-0.39, 0.29) is 0 Å². The number of hydrogen-bond acceptors (Lipinski definition) is 1. The highest BCUT2D eigenvalue weighted by molar-refractivity contribution is 9.10. The summed E-state index contributed by atoms with van der Waals surface area (Å²) in [5.74, 6) is 6.84. The number of nitrogens with zero attached hydrogens (tertiary/aromatic N) is 1. The Hall–Kier alpha value is -0.780. The van der Waals surface area contributed by atoms with Gasteiger partial charge in [-0.05, 0) is 49.9 Å². The molecule has 1 aromatic carbocycles. The maximum absolute atomic E-state index is 3.48. The molecule has 3 rings (SSSR count). The van der Waals surface area contributed by atoms with Gasteiger partial charge < -0.3 is 0 Å². The zero-order chi connectivity index (χ0) is 15.9. The van der Waals surface area contributed by atoms with Crippen molar-refractivity contribution in [3.8, 4) is 11.8 Å². The summed E-state index contributed by atoms with van der Waals surface area (Å²) in [6.07, 6.45) is 14.0. The number of rotatable bonds is 3. The molecule has 0 aromatic heterocycles. The van der Waals surface area contributed by atoms with E-state index < -0.39 is 0 Å². The van der Waals surface area contributed by atoms with Crippen LogP contribution in [0.4, 0.5) is 0 Å². The zero-order valence-corrected chi connectivity index (χ0v) is 15.7. The molecule has 0 unspecified atom stereocenters. The minimum atomic E-state index is 0.783. The van der Waals surface area contributed by atoms with E-state index >= 15 is 0 Å². The van der Waals surface area contributed by atoms with Crippen molar-refractivity contribution < 1.29 is 0 Å². The summed E-state index contributed by atoms with van der Waals surface area (Å²) in [4.78, 5) is 2.77. The second kappa shape index (κ2) is 8.90. The molecule has 23 heavy (non-hydrogen) atoms. The second-order valence-electron chi connectivity index (χ2n) is 7.06. The number of halogens is 1. The average molecular weight is 374 g/mol. The van der Waals surface area contributed by atoms with Crippen LogP contribution >= 0.6 is 15.9 Å². The van der Waals surface area contributed by atoms with Crippen LogP contribution in [0.15, 0.2) is 28.7 Å². The summed E-state index contributed by atoms with van der Waals surface area (Å²) in [5, 5.41) is 0. The van der Waals surface area contributed by atoms with Crippen molar-refractivity contribution in [2.45, 2.75) is 76.3 Å². The molecule has 0 aliphatic heterocycles. The minimum Gasteiger partial charge on any atom is -0.286 e. The lowest BCUT2D eigenvalue weighted by Gasteiger charge is -2.40. The summed E-state index contributed by atoms with van der Waals surface area (Å²) < 4.78 is 1.12. The molecule has 124 valence electrons. The maximum Gasteiger partial charge on any atom is 0.0610 e. The Morgan fingerprint density at radius 3 is 1.87 bits per heavy atom. The highest BCUT2D eigenvalue weighted by atomic mass is 79.9. The van der Waals surface area contributed by atoms with E-state index in [0.717, 1.165) is 28.7 Å². The van der Waals surface area contributed by atoms with Gasteiger partial charge >= 0.3 is 0 Å². The number of hydrogen-bond donors (Lipinski definition) is 0. The van der Waals surface area contributed by atoms with Gasteiger partial charge in [0.25, 0.3) is 0 Å². The molecule has 0 amide bonds. The summed E-state index contributed by atoms with van der Waals surface area (Å²) in [6.45, 7) is 0.950. The van der Waals surface area contributed by atoms with Gasteiger partial charge in [-0.25, -0.2) is 0 Å². The molecule has 0 N–H and O–H groups in total. The Labute approximate surface area is 150 Å². The molecule has 0 atom stereocenters. The van der Waals surface area contributed by atoms with Crippen LogP contribution in [0.2, 0.25) is 0 Å². The van der Waals surface area contributed by atoms with Crippen molar-refractivity contribution in [1.29, 1.82) is 0 Å². The van der Waals surface area contributed by atoms with E-state index in [1.54, 1.807) is 0 Å². The highest BCUT2D eigenvalue weighted by Gasteiger charge is 2.27. The van der Waals surface area contributed by atoms with Gasteiger partial charge in [0.1, 0.15) is 0 Å². The van der Waals surface area contributed by atoms with Crippen LogP contribution in [-0.2, 0) is 0 Å². The third kappa shape index (κ3) is 5.10. The average Bonchev–Trinajstić information content (AvgIpc) is 2.62. The Morgan fingerprint density at radius 2 is 1.35 bits per heavy atom. The third-order valence-corrected chi connectivity index (χ3v) is 5.95. The molecule has 0 heterocycles. The van der Waals surface area contributed by atoms with Crippen molar-refractivity contribution in [2.75, 3.05) is 6.54 Å². The van der Waals surface area contributed by atoms with E-state index in [4.69, 9.17) is 0 Å². The standard InChI is InChI=1S/C21H28BrN/c22-19-15-13-18(14-16-19)8-7-17-23(20-9-3-1-4-10-20)21-11-5-2-6-12-21/h13-16,20-21H,1-6,9-12,17H2. The molecular formula is C21H28BrN. The molecule has 2 aliphatic carbocycles. The fraction of sp³-hybridized carbons (Fsp3) is 0.619. The summed E-state index contributed by atoms with van der Waals surface area (Å²) in [7, 11) is 0. The van der Waals surface area contributed by atoms with Gasteiger partial charge in [0.05, 0.1) is 6.54 Å².